The first-order valence-corrected chi connectivity index (χ1v) is 9.71. The Bertz CT molecular complexity index is 1080. The van der Waals surface area contributed by atoms with E-state index in [0.717, 1.165) is 11.1 Å². The minimum Gasteiger partial charge on any atom is -0.478 e. The zero-order valence-electron chi connectivity index (χ0n) is 16.1. The molecule has 1 aliphatic rings. The van der Waals surface area contributed by atoms with Crippen LogP contribution in [0.4, 0.5) is 0 Å². The van der Waals surface area contributed by atoms with Gasteiger partial charge in [-0.15, -0.1) is 0 Å². The third-order valence-electron chi connectivity index (χ3n) is 5.90. The zero-order valence-corrected chi connectivity index (χ0v) is 16.1. The van der Waals surface area contributed by atoms with Crippen LogP contribution in [0, 0.1) is 5.92 Å². The molecule has 0 aromatic heterocycles. The molecule has 1 saturated carbocycles. The van der Waals surface area contributed by atoms with Gasteiger partial charge in [-0.25, -0.2) is 9.59 Å². The van der Waals surface area contributed by atoms with Gasteiger partial charge in [-0.2, -0.15) is 0 Å². The highest BCUT2D eigenvalue weighted by Gasteiger charge is 2.46. The van der Waals surface area contributed by atoms with Crippen molar-refractivity contribution in [1.29, 1.82) is 0 Å². The van der Waals surface area contributed by atoms with Crippen molar-refractivity contribution in [3.8, 4) is 0 Å². The first-order chi connectivity index (χ1) is 14.5. The Hall–Kier alpha value is -3.73. The largest absolute Gasteiger partial charge is 0.478 e. The summed E-state index contributed by atoms with van der Waals surface area (Å²) >= 11 is 0. The molecule has 0 unspecified atom stereocenters. The van der Waals surface area contributed by atoms with E-state index in [9.17, 15) is 19.5 Å². The van der Waals surface area contributed by atoms with Gasteiger partial charge in [0.2, 0.25) is 0 Å². The van der Waals surface area contributed by atoms with Crippen LogP contribution in [0.1, 0.15) is 60.5 Å². The number of carbonyl (C=O) groups excluding carboxylic acids is 1. The van der Waals surface area contributed by atoms with Crippen molar-refractivity contribution in [2.45, 2.75) is 18.3 Å². The fourth-order valence-electron chi connectivity index (χ4n) is 4.27. The molecule has 0 bridgehead atoms. The number of ketones is 1. The lowest BCUT2D eigenvalue weighted by atomic mass is 9.57. The zero-order chi connectivity index (χ0) is 21.3. The number of carboxylic acids is 2. The Labute approximate surface area is 173 Å². The van der Waals surface area contributed by atoms with Crippen molar-refractivity contribution in [1.82, 2.24) is 0 Å². The lowest BCUT2D eigenvalue weighted by molar-refractivity contribution is 0.0685. The number of carbonyl (C=O) groups is 3. The van der Waals surface area contributed by atoms with Gasteiger partial charge in [-0.1, -0.05) is 54.6 Å². The van der Waals surface area contributed by atoms with E-state index in [1.165, 1.54) is 0 Å². The molecule has 5 heteroatoms. The van der Waals surface area contributed by atoms with Crippen molar-refractivity contribution in [3.63, 3.8) is 0 Å². The van der Waals surface area contributed by atoms with Gasteiger partial charge in [-0.05, 0) is 47.7 Å². The van der Waals surface area contributed by atoms with Gasteiger partial charge >= 0.3 is 11.9 Å². The molecule has 0 spiro atoms. The van der Waals surface area contributed by atoms with E-state index in [0.29, 0.717) is 12.0 Å². The van der Waals surface area contributed by atoms with E-state index in [-0.39, 0.29) is 34.7 Å². The SMILES string of the molecule is O=C(O)c1ccc([C@@H]2[C@@H](C(=O)c3ccccc3)C[C@@H]2c2ccc(C(=O)O)cc2)cc1. The molecule has 4 rings (SSSR count). The van der Waals surface area contributed by atoms with Gasteiger partial charge in [-0.3, -0.25) is 4.79 Å². The second-order valence-corrected chi connectivity index (χ2v) is 7.56. The van der Waals surface area contributed by atoms with Crippen LogP contribution in [-0.2, 0) is 0 Å². The van der Waals surface area contributed by atoms with Crippen molar-refractivity contribution >= 4 is 17.7 Å². The van der Waals surface area contributed by atoms with Crippen LogP contribution < -0.4 is 0 Å². The van der Waals surface area contributed by atoms with Crippen molar-refractivity contribution < 1.29 is 24.6 Å². The number of aromatic carboxylic acids is 2. The fourth-order valence-corrected chi connectivity index (χ4v) is 4.27. The minimum atomic E-state index is -0.993. The molecule has 1 fully saturated rings. The Balaban J connectivity index is 1.67. The van der Waals surface area contributed by atoms with E-state index < -0.39 is 11.9 Å². The number of hydrogen-bond donors (Lipinski definition) is 2. The Morgan fingerprint density at radius 2 is 1.13 bits per heavy atom. The third-order valence-corrected chi connectivity index (χ3v) is 5.90. The van der Waals surface area contributed by atoms with Gasteiger partial charge < -0.3 is 10.2 Å². The molecule has 1 aliphatic carbocycles. The highest BCUT2D eigenvalue weighted by Crippen LogP contribution is 2.54. The van der Waals surface area contributed by atoms with E-state index in [2.05, 4.69) is 0 Å². The highest BCUT2D eigenvalue weighted by atomic mass is 16.4. The van der Waals surface area contributed by atoms with Gasteiger partial charge in [0.05, 0.1) is 11.1 Å². The van der Waals surface area contributed by atoms with Gasteiger partial charge in [0, 0.05) is 17.4 Å². The topological polar surface area (TPSA) is 91.7 Å². The van der Waals surface area contributed by atoms with Crippen LogP contribution in [0.3, 0.4) is 0 Å². The lowest BCUT2D eigenvalue weighted by Gasteiger charge is -2.45. The molecule has 0 saturated heterocycles. The molecule has 2 N–H and O–H groups in total. The summed E-state index contributed by atoms with van der Waals surface area (Å²) in [6.07, 6.45) is 0.658. The summed E-state index contributed by atoms with van der Waals surface area (Å²) < 4.78 is 0. The number of rotatable bonds is 6. The van der Waals surface area contributed by atoms with Gasteiger partial charge in [0.1, 0.15) is 0 Å². The van der Waals surface area contributed by atoms with Crippen molar-refractivity contribution in [2.24, 2.45) is 5.92 Å². The van der Waals surface area contributed by atoms with Crippen LogP contribution >= 0.6 is 0 Å². The Morgan fingerprint density at radius 3 is 1.63 bits per heavy atom. The maximum atomic E-state index is 13.1. The first kappa shape index (κ1) is 19.6. The van der Waals surface area contributed by atoms with Crippen LogP contribution in [0.5, 0.6) is 0 Å². The maximum absolute atomic E-state index is 13.1. The molecule has 3 aromatic carbocycles. The predicted molar refractivity (Wildman–Crippen MR) is 111 cm³/mol. The average molecular weight is 400 g/mol. The van der Waals surface area contributed by atoms with Crippen molar-refractivity contribution in [3.05, 3.63) is 107 Å². The molecule has 0 heterocycles. The molecular formula is C25H20O5. The van der Waals surface area contributed by atoms with Crippen LogP contribution in [-0.4, -0.2) is 27.9 Å². The average Bonchev–Trinajstić information content (AvgIpc) is 2.74. The number of benzene rings is 3. The van der Waals surface area contributed by atoms with E-state index in [1.54, 1.807) is 48.5 Å². The summed E-state index contributed by atoms with van der Waals surface area (Å²) in [5.41, 5.74) is 2.97. The standard InChI is InChI=1S/C25H20O5/c26-23(17-4-2-1-3-5-17)21-14-20(15-6-10-18(11-7-15)24(27)28)22(21)16-8-12-19(13-9-16)25(29)30/h1-13,20-22H,14H2,(H,27,28)(H,29,30)/t20-,21+,22+/m1/s1. The third kappa shape index (κ3) is 3.62. The van der Waals surface area contributed by atoms with Crippen molar-refractivity contribution in [2.75, 3.05) is 0 Å². The van der Waals surface area contributed by atoms with Gasteiger partial charge in [0.15, 0.2) is 5.78 Å². The highest BCUT2D eigenvalue weighted by molar-refractivity contribution is 5.99. The predicted octanol–water partition coefficient (Wildman–Crippen LogP) is 4.85. The molecule has 0 aliphatic heterocycles. The first-order valence-electron chi connectivity index (χ1n) is 9.71. The molecular weight excluding hydrogens is 380 g/mol. The summed E-state index contributed by atoms with van der Waals surface area (Å²) in [7, 11) is 0. The maximum Gasteiger partial charge on any atom is 0.335 e. The fraction of sp³-hybridized carbons (Fsp3) is 0.160. The summed E-state index contributed by atoms with van der Waals surface area (Å²) in [4.78, 5) is 35.5. The molecule has 5 nitrogen and oxygen atoms in total. The number of carboxylic acid groups (broad SMARTS) is 2. The second-order valence-electron chi connectivity index (χ2n) is 7.56. The second kappa shape index (κ2) is 7.95. The molecule has 3 atom stereocenters. The quantitative estimate of drug-likeness (QED) is 0.577. The van der Waals surface area contributed by atoms with Crippen LogP contribution in [0.25, 0.3) is 0 Å². The van der Waals surface area contributed by atoms with E-state index in [4.69, 9.17) is 5.11 Å². The molecule has 0 radical (unpaired) electrons. The summed E-state index contributed by atoms with van der Waals surface area (Å²) in [6.45, 7) is 0. The van der Waals surface area contributed by atoms with Crippen LogP contribution in [0.2, 0.25) is 0 Å². The van der Waals surface area contributed by atoms with E-state index >= 15 is 0 Å². The smallest absolute Gasteiger partial charge is 0.335 e. The monoisotopic (exact) mass is 400 g/mol. The Morgan fingerprint density at radius 1 is 0.633 bits per heavy atom. The Kier molecular flexibility index (Phi) is 5.19. The van der Waals surface area contributed by atoms with E-state index in [1.807, 2.05) is 30.3 Å². The molecule has 3 aromatic rings. The van der Waals surface area contributed by atoms with Gasteiger partial charge in [0.25, 0.3) is 0 Å². The number of Topliss-reactive ketones (excluding diaryl/α,β-unsaturated/α-hetero) is 1. The normalized spacial score (nSPS) is 20.2. The number of hydrogen-bond acceptors (Lipinski definition) is 3. The lowest BCUT2D eigenvalue weighted by Crippen LogP contribution is -2.38. The minimum absolute atomic E-state index is 0.0567. The molecule has 0 amide bonds. The summed E-state index contributed by atoms with van der Waals surface area (Å²) in [5, 5.41) is 18.3. The van der Waals surface area contributed by atoms with Crippen LogP contribution in [0.15, 0.2) is 78.9 Å². The molecule has 30 heavy (non-hydrogen) atoms. The summed E-state index contributed by atoms with van der Waals surface area (Å²) in [5.74, 6) is -2.16. The summed E-state index contributed by atoms with van der Waals surface area (Å²) in [6, 6.07) is 22.6. The molecule has 150 valence electrons.